The van der Waals surface area contributed by atoms with E-state index < -0.39 is 0 Å². The van der Waals surface area contributed by atoms with E-state index in [1.807, 2.05) is 39.8 Å². The number of nitro groups is 1. The first-order valence-corrected chi connectivity index (χ1v) is 11.4. The van der Waals surface area contributed by atoms with Crippen LogP contribution in [0, 0.1) is 14.9 Å². The van der Waals surface area contributed by atoms with Crippen LogP contribution in [0.3, 0.4) is 0 Å². The minimum atomic E-state index is -0.383. The van der Waals surface area contributed by atoms with Crippen LogP contribution < -0.4 is 4.74 Å². The number of aromatic amines is 1. The third-order valence-electron chi connectivity index (χ3n) is 5.91. The number of nitro benzene ring substituents is 1. The highest BCUT2D eigenvalue weighted by Crippen LogP contribution is 2.21. The molecule has 1 fully saturated rings. The van der Waals surface area contributed by atoms with Crippen LogP contribution in [0.5, 0.6) is 5.75 Å². The Balaban J connectivity index is 1.31. The summed E-state index contributed by atoms with van der Waals surface area (Å²) < 4.78 is 7.52. The fraction of sp³-hybridized carbons (Fsp3) is 0.348. The van der Waals surface area contributed by atoms with Gasteiger partial charge < -0.3 is 9.64 Å². The molecule has 11 heteroatoms. The molecule has 1 amide bonds. The number of non-ortho nitro benzene ring substituents is 1. The van der Waals surface area contributed by atoms with Crippen LogP contribution >= 0.6 is 12.2 Å². The molecule has 1 aromatic heterocycles. The Hall–Kier alpha value is -3.57. The first-order valence-electron chi connectivity index (χ1n) is 11.0. The van der Waals surface area contributed by atoms with Crippen molar-refractivity contribution in [3.63, 3.8) is 0 Å². The number of aromatic nitrogens is 3. The minimum absolute atomic E-state index is 0.0683. The van der Waals surface area contributed by atoms with Gasteiger partial charge in [0.05, 0.1) is 12.0 Å². The maximum Gasteiger partial charge on any atom is 0.269 e. The number of methoxy groups -OCH3 is 1. The smallest absolute Gasteiger partial charge is 0.269 e. The Kier molecular flexibility index (Phi) is 7.33. The molecule has 0 aliphatic carbocycles. The predicted octanol–water partition coefficient (Wildman–Crippen LogP) is 3.26. The van der Waals surface area contributed by atoms with E-state index in [0.29, 0.717) is 43.2 Å². The molecule has 4 rings (SSSR count). The summed E-state index contributed by atoms with van der Waals surface area (Å²) in [5, 5.41) is 18.1. The van der Waals surface area contributed by atoms with Crippen LogP contribution in [0.25, 0.3) is 11.4 Å². The first kappa shape index (κ1) is 23.6. The van der Waals surface area contributed by atoms with E-state index in [9.17, 15) is 14.9 Å². The summed E-state index contributed by atoms with van der Waals surface area (Å²) in [6.45, 7) is 3.74. The number of ether oxygens (including phenoxy) is 1. The number of benzene rings is 2. The van der Waals surface area contributed by atoms with Crippen molar-refractivity contribution in [2.75, 3.05) is 33.3 Å². The van der Waals surface area contributed by atoms with Gasteiger partial charge in [0.2, 0.25) is 5.91 Å². The van der Waals surface area contributed by atoms with Gasteiger partial charge in [-0.2, -0.15) is 5.10 Å². The fourth-order valence-corrected chi connectivity index (χ4v) is 4.26. The number of carbonyl (C=O) groups excluding carboxylic acids is 1. The number of hydrogen-bond acceptors (Lipinski definition) is 7. The second-order valence-corrected chi connectivity index (χ2v) is 8.45. The van der Waals surface area contributed by atoms with Crippen molar-refractivity contribution in [1.29, 1.82) is 0 Å². The van der Waals surface area contributed by atoms with Crippen molar-refractivity contribution < 1.29 is 14.5 Å². The molecule has 1 saturated heterocycles. The normalized spacial score (nSPS) is 14.2. The SMILES string of the molecule is COc1ccc(-c2n[nH]c(=S)n2CCC(=O)N2CCN(Cc3cccc([N+](=O)[O-])c3)CC2)cc1. The summed E-state index contributed by atoms with van der Waals surface area (Å²) in [7, 11) is 1.62. The van der Waals surface area contributed by atoms with Gasteiger partial charge in [-0.15, -0.1) is 0 Å². The largest absolute Gasteiger partial charge is 0.497 e. The van der Waals surface area contributed by atoms with E-state index in [1.165, 1.54) is 6.07 Å². The second-order valence-electron chi connectivity index (χ2n) is 8.07. The van der Waals surface area contributed by atoms with Crippen LogP contribution in [0.4, 0.5) is 5.69 Å². The molecule has 0 unspecified atom stereocenters. The number of carbonyl (C=O) groups is 1. The lowest BCUT2D eigenvalue weighted by atomic mass is 10.1. The lowest BCUT2D eigenvalue weighted by Crippen LogP contribution is -2.48. The number of hydrogen-bond donors (Lipinski definition) is 1. The number of rotatable bonds is 8. The van der Waals surface area contributed by atoms with Crippen molar-refractivity contribution >= 4 is 23.8 Å². The molecule has 178 valence electrons. The van der Waals surface area contributed by atoms with Crippen molar-refractivity contribution in [3.05, 3.63) is 69.0 Å². The Bertz CT molecular complexity index is 1210. The van der Waals surface area contributed by atoms with Crippen LogP contribution in [-0.4, -0.2) is 68.7 Å². The van der Waals surface area contributed by atoms with Gasteiger partial charge in [-0.3, -0.25) is 29.5 Å². The minimum Gasteiger partial charge on any atom is -0.497 e. The number of amides is 1. The number of H-pyrrole nitrogens is 1. The Morgan fingerprint density at radius 2 is 1.91 bits per heavy atom. The Labute approximate surface area is 201 Å². The molecule has 1 N–H and O–H groups in total. The highest BCUT2D eigenvalue weighted by atomic mass is 32.1. The molecular weight excluding hydrogens is 456 g/mol. The van der Waals surface area contributed by atoms with Crippen molar-refractivity contribution in [3.8, 4) is 17.1 Å². The average Bonchev–Trinajstić information content (AvgIpc) is 3.23. The van der Waals surface area contributed by atoms with Crippen LogP contribution in [0.2, 0.25) is 0 Å². The molecular formula is C23H26N6O4S. The highest BCUT2D eigenvalue weighted by molar-refractivity contribution is 7.71. The van der Waals surface area contributed by atoms with E-state index in [1.54, 1.807) is 19.2 Å². The van der Waals surface area contributed by atoms with E-state index in [0.717, 1.165) is 30.0 Å². The summed E-state index contributed by atoms with van der Waals surface area (Å²) in [4.78, 5) is 27.5. The number of piperazine rings is 1. The molecule has 2 aromatic carbocycles. The number of nitrogens with one attached hydrogen (secondary N) is 1. The van der Waals surface area contributed by atoms with Gasteiger partial charge >= 0.3 is 0 Å². The van der Waals surface area contributed by atoms with Gasteiger partial charge in [0.25, 0.3) is 5.69 Å². The highest BCUT2D eigenvalue weighted by Gasteiger charge is 2.22. The molecule has 1 aliphatic heterocycles. The van der Waals surface area contributed by atoms with Gasteiger partial charge in [-0.1, -0.05) is 12.1 Å². The zero-order chi connectivity index (χ0) is 24.1. The topological polar surface area (TPSA) is 110 Å². The fourth-order valence-electron chi connectivity index (χ4n) is 4.03. The second kappa shape index (κ2) is 10.6. The zero-order valence-electron chi connectivity index (χ0n) is 18.8. The van der Waals surface area contributed by atoms with E-state index >= 15 is 0 Å². The molecule has 1 aliphatic rings. The molecule has 0 bridgehead atoms. The lowest BCUT2D eigenvalue weighted by Gasteiger charge is -2.34. The van der Waals surface area contributed by atoms with E-state index in [4.69, 9.17) is 17.0 Å². The quantitative estimate of drug-likeness (QED) is 0.298. The summed E-state index contributed by atoms with van der Waals surface area (Å²) >= 11 is 5.38. The third-order valence-corrected chi connectivity index (χ3v) is 6.22. The summed E-state index contributed by atoms with van der Waals surface area (Å²) in [6, 6.07) is 14.2. The Morgan fingerprint density at radius 3 is 2.59 bits per heavy atom. The summed E-state index contributed by atoms with van der Waals surface area (Å²) in [6.07, 6.45) is 0.321. The first-order chi connectivity index (χ1) is 16.4. The molecule has 0 radical (unpaired) electrons. The molecule has 10 nitrogen and oxygen atoms in total. The summed E-state index contributed by atoms with van der Waals surface area (Å²) in [5.41, 5.74) is 1.88. The van der Waals surface area contributed by atoms with Gasteiger partial charge in [-0.05, 0) is 42.0 Å². The monoisotopic (exact) mass is 482 g/mol. The molecule has 0 saturated carbocycles. The van der Waals surface area contributed by atoms with Gasteiger partial charge in [-0.25, -0.2) is 0 Å². The maximum atomic E-state index is 12.9. The average molecular weight is 483 g/mol. The Morgan fingerprint density at radius 1 is 1.18 bits per heavy atom. The molecule has 0 spiro atoms. The predicted molar refractivity (Wildman–Crippen MR) is 129 cm³/mol. The van der Waals surface area contributed by atoms with Crippen LogP contribution in [0.1, 0.15) is 12.0 Å². The van der Waals surface area contributed by atoms with Gasteiger partial charge in [0, 0.05) is 63.4 Å². The van der Waals surface area contributed by atoms with Gasteiger partial charge in [0.15, 0.2) is 10.6 Å². The molecule has 0 atom stereocenters. The standard InChI is InChI=1S/C23H26N6O4S/c1-33-20-7-5-18(6-8-20)22-24-25-23(34)28(22)10-9-21(30)27-13-11-26(12-14-27)16-17-3-2-4-19(15-17)29(31)32/h2-8,15H,9-14,16H2,1H3,(H,25,34). The van der Waals surface area contributed by atoms with Crippen LogP contribution in [0.15, 0.2) is 48.5 Å². The summed E-state index contributed by atoms with van der Waals surface area (Å²) in [5.74, 6) is 1.50. The van der Waals surface area contributed by atoms with Gasteiger partial charge in [0.1, 0.15) is 5.75 Å². The zero-order valence-corrected chi connectivity index (χ0v) is 19.7. The van der Waals surface area contributed by atoms with Crippen LogP contribution in [-0.2, 0) is 17.9 Å². The number of nitrogens with zero attached hydrogens (tertiary/aromatic N) is 5. The van der Waals surface area contributed by atoms with E-state index in [-0.39, 0.29) is 16.5 Å². The van der Waals surface area contributed by atoms with Crippen molar-refractivity contribution in [2.45, 2.75) is 19.5 Å². The lowest BCUT2D eigenvalue weighted by molar-refractivity contribution is -0.384. The molecule has 3 aromatic rings. The van der Waals surface area contributed by atoms with Crippen molar-refractivity contribution in [2.24, 2.45) is 0 Å². The maximum absolute atomic E-state index is 12.9. The van der Waals surface area contributed by atoms with Crippen molar-refractivity contribution in [1.82, 2.24) is 24.6 Å². The van der Waals surface area contributed by atoms with E-state index in [2.05, 4.69) is 15.1 Å². The third kappa shape index (κ3) is 5.49. The molecule has 2 heterocycles. The molecule has 34 heavy (non-hydrogen) atoms.